The Kier molecular flexibility index (Phi) is 6.84. The third kappa shape index (κ3) is 4.30. The average molecular weight is 606 g/mol. The highest BCUT2D eigenvalue weighted by atomic mass is 79.9. The number of hydrazine groups is 1. The van der Waals surface area contributed by atoms with E-state index in [1.165, 1.54) is 31.2 Å². The summed E-state index contributed by atoms with van der Waals surface area (Å²) in [5, 5.41) is 0.460. The zero-order chi connectivity index (χ0) is 24.0. The van der Waals surface area contributed by atoms with E-state index >= 15 is 0 Å². The van der Waals surface area contributed by atoms with Crippen molar-refractivity contribution in [3.05, 3.63) is 34.9 Å². The van der Waals surface area contributed by atoms with Gasteiger partial charge in [0.25, 0.3) is 11.8 Å². The molecule has 0 aromatic heterocycles. The van der Waals surface area contributed by atoms with Gasteiger partial charge in [-0.25, -0.2) is 4.79 Å². The number of carbonyl (C=O) groups is 5. The molecule has 2 saturated carbocycles. The first-order chi connectivity index (χ1) is 15.6. The normalized spacial score (nSPS) is 30.7. The van der Waals surface area contributed by atoms with Crippen LogP contribution in [0.1, 0.15) is 23.7 Å². The number of fused-ring (bicyclic) bond motifs is 5. The van der Waals surface area contributed by atoms with Gasteiger partial charge < -0.3 is 4.74 Å². The first kappa shape index (κ1) is 24.2. The van der Waals surface area contributed by atoms with E-state index in [0.717, 1.165) is 11.3 Å². The van der Waals surface area contributed by atoms with Crippen molar-refractivity contribution in [1.82, 2.24) is 15.8 Å². The lowest BCUT2D eigenvalue weighted by Crippen LogP contribution is -2.47. The molecule has 0 unspecified atom stereocenters. The summed E-state index contributed by atoms with van der Waals surface area (Å²) in [5.74, 6) is -3.80. The molecular formula is C21H20Br2ClN3O6. The van der Waals surface area contributed by atoms with Crippen molar-refractivity contribution in [2.24, 2.45) is 23.7 Å². The lowest BCUT2D eigenvalue weighted by atomic mass is 9.81. The molecule has 7 atom stereocenters. The summed E-state index contributed by atoms with van der Waals surface area (Å²) >= 11 is 13.0. The Balaban J connectivity index is 1.29. The third-order valence-electron chi connectivity index (χ3n) is 6.52. The number of nitrogens with one attached hydrogen (secondary N) is 2. The van der Waals surface area contributed by atoms with E-state index in [2.05, 4.69) is 42.7 Å². The van der Waals surface area contributed by atoms with Gasteiger partial charge in [0.05, 0.1) is 11.8 Å². The van der Waals surface area contributed by atoms with E-state index in [0.29, 0.717) is 5.02 Å². The van der Waals surface area contributed by atoms with Crippen LogP contribution in [0, 0.1) is 23.7 Å². The SMILES string of the molecule is C[C@H](C(=O)OCC(=O)NNC(=O)c1ccc(Cl)cc1)N1C(=O)[C@@H]2[C@H]3C[C@@H]([C@H](Br)[C@@H]3Br)[C@@H]2C1=O. The molecule has 1 aliphatic heterocycles. The number of hydrogen-bond donors (Lipinski definition) is 2. The van der Waals surface area contributed by atoms with Crippen LogP contribution < -0.4 is 10.9 Å². The molecular weight excluding hydrogens is 586 g/mol. The monoisotopic (exact) mass is 603 g/mol. The van der Waals surface area contributed by atoms with Crippen LogP contribution in [0.3, 0.4) is 0 Å². The standard InChI is InChI=1S/C21H20Br2ClN3O6/c1-8(27-19(30)14-11-6-12(15(14)20(27)31)17(23)16(11)22)21(32)33-7-13(28)25-26-18(29)9-2-4-10(24)5-3-9/h2-5,8,11-12,14-17H,6-7H2,1H3,(H,25,28)(H,26,29)/t8-,11-,12-,14-,15+,16-,17+/m1/s1. The van der Waals surface area contributed by atoms with Crippen LogP contribution >= 0.6 is 43.5 Å². The number of esters is 1. The van der Waals surface area contributed by atoms with E-state index in [-0.39, 0.29) is 38.9 Å². The molecule has 1 heterocycles. The molecule has 3 fully saturated rings. The van der Waals surface area contributed by atoms with Crippen LogP contribution in [0.4, 0.5) is 0 Å². The van der Waals surface area contributed by atoms with Gasteiger partial charge in [0, 0.05) is 20.2 Å². The fourth-order valence-corrected chi connectivity index (χ4v) is 6.95. The number of amides is 4. The Hall–Kier alpha value is -1.98. The second-order valence-corrected chi connectivity index (χ2v) is 10.9. The summed E-state index contributed by atoms with van der Waals surface area (Å²) < 4.78 is 4.98. The van der Waals surface area contributed by atoms with E-state index in [9.17, 15) is 24.0 Å². The Labute approximate surface area is 211 Å². The maximum Gasteiger partial charge on any atom is 0.329 e. The van der Waals surface area contributed by atoms with Gasteiger partial charge in [-0.3, -0.25) is 34.9 Å². The number of benzene rings is 1. The van der Waals surface area contributed by atoms with Crippen LogP contribution in [0.2, 0.25) is 5.02 Å². The molecule has 3 aliphatic rings. The second kappa shape index (κ2) is 9.34. The number of alkyl halides is 2. The van der Waals surface area contributed by atoms with Gasteiger partial charge >= 0.3 is 5.97 Å². The average Bonchev–Trinajstić information content (AvgIpc) is 3.40. The van der Waals surface area contributed by atoms with Gasteiger partial charge in [0.2, 0.25) is 11.8 Å². The van der Waals surface area contributed by atoms with Crippen LogP contribution in [0.25, 0.3) is 0 Å². The van der Waals surface area contributed by atoms with Crippen LogP contribution in [-0.2, 0) is 23.9 Å². The fourth-order valence-electron chi connectivity index (χ4n) is 4.95. The summed E-state index contributed by atoms with van der Waals surface area (Å²) in [6.45, 7) is 0.712. The molecule has 2 bridgehead atoms. The number of nitrogens with zero attached hydrogens (tertiary/aromatic N) is 1. The van der Waals surface area contributed by atoms with Crippen molar-refractivity contribution in [2.45, 2.75) is 29.0 Å². The largest absolute Gasteiger partial charge is 0.454 e. The molecule has 4 rings (SSSR count). The maximum atomic E-state index is 13.0. The molecule has 2 aliphatic carbocycles. The summed E-state index contributed by atoms with van der Waals surface area (Å²) in [5.41, 5.74) is 4.59. The Morgan fingerprint density at radius 3 is 2.15 bits per heavy atom. The van der Waals surface area contributed by atoms with Gasteiger partial charge in [-0.1, -0.05) is 43.5 Å². The Morgan fingerprint density at radius 2 is 1.61 bits per heavy atom. The Bertz CT molecular complexity index is 990. The zero-order valence-corrected chi connectivity index (χ0v) is 21.2. The van der Waals surface area contributed by atoms with Crippen molar-refractivity contribution in [2.75, 3.05) is 6.61 Å². The molecule has 2 N–H and O–H groups in total. The molecule has 12 heteroatoms. The zero-order valence-electron chi connectivity index (χ0n) is 17.3. The number of hydrogen-bond acceptors (Lipinski definition) is 6. The lowest BCUT2D eigenvalue weighted by Gasteiger charge is -2.28. The van der Waals surface area contributed by atoms with Crippen molar-refractivity contribution in [3.63, 3.8) is 0 Å². The second-order valence-electron chi connectivity index (χ2n) is 8.34. The minimum Gasteiger partial charge on any atom is -0.454 e. The van der Waals surface area contributed by atoms with Crippen molar-refractivity contribution in [1.29, 1.82) is 0 Å². The molecule has 9 nitrogen and oxygen atoms in total. The first-order valence-electron chi connectivity index (χ1n) is 10.3. The molecule has 1 saturated heterocycles. The predicted octanol–water partition coefficient (Wildman–Crippen LogP) is 1.81. The van der Waals surface area contributed by atoms with Crippen LogP contribution in [-0.4, -0.2) is 56.8 Å². The quantitative estimate of drug-likeness (QED) is 0.229. The minimum absolute atomic E-state index is 0.0316. The Morgan fingerprint density at radius 1 is 1.06 bits per heavy atom. The van der Waals surface area contributed by atoms with Gasteiger partial charge in [0.15, 0.2) is 6.61 Å². The minimum atomic E-state index is -1.16. The maximum absolute atomic E-state index is 13.0. The van der Waals surface area contributed by atoms with Gasteiger partial charge in [0.1, 0.15) is 6.04 Å². The number of imide groups is 1. The van der Waals surface area contributed by atoms with Crippen LogP contribution in [0.5, 0.6) is 0 Å². The lowest BCUT2D eigenvalue weighted by molar-refractivity contribution is -0.160. The van der Waals surface area contributed by atoms with E-state index in [1.807, 2.05) is 0 Å². The highest BCUT2D eigenvalue weighted by Crippen LogP contribution is 2.60. The molecule has 33 heavy (non-hydrogen) atoms. The van der Waals surface area contributed by atoms with E-state index < -0.39 is 42.3 Å². The van der Waals surface area contributed by atoms with Gasteiger partial charge in [-0.15, -0.1) is 0 Å². The van der Waals surface area contributed by atoms with E-state index in [4.69, 9.17) is 16.3 Å². The molecule has 0 spiro atoms. The predicted molar refractivity (Wildman–Crippen MR) is 123 cm³/mol. The fraction of sp³-hybridized carbons (Fsp3) is 0.476. The van der Waals surface area contributed by atoms with Crippen molar-refractivity contribution in [3.8, 4) is 0 Å². The summed E-state index contributed by atoms with van der Waals surface area (Å²) in [4.78, 5) is 63.5. The molecule has 1 aromatic carbocycles. The first-order valence-corrected chi connectivity index (χ1v) is 12.5. The van der Waals surface area contributed by atoms with Gasteiger partial charge in [-0.05, 0) is 49.4 Å². The number of halogens is 3. The highest BCUT2D eigenvalue weighted by Gasteiger charge is 2.67. The summed E-state index contributed by atoms with van der Waals surface area (Å²) in [6, 6.07) is 4.85. The number of carbonyl (C=O) groups excluding carboxylic acids is 5. The van der Waals surface area contributed by atoms with Crippen molar-refractivity contribution >= 4 is 73.1 Å². The summed E-state index contributed by atoms with van der Waals surface area (Å²) in [6.07, 6.45) is 0.785. The topological polar surface area (TPSA) is 122 Å². The number of rotatable bonds is 5. The molecule has 176 valence electrons. The van der Waals surface area contributed by atoms with Gasteiger partial charge in [-0.2, -0.15) is 0 Å². The molecule has 1 aromatic rings. The smallest absolute Gasteiger partial charge is 0.329 e. The third-order valence-corrected chi connectivity index (χ3v) is 9.98. The molecule has 0 radical (unpaired) electrons. The van der Waals surface area contributed by atoms with Crippen molar-refractivity contribution < 1.29 is 28.7 Å². The van der Waals surface area contributed by atoms with Crippen LogP contribution in [0.15, 0.2) is 24.3 Å². The molecule has 4 amide bonds. The summed E-state index contributed by atoms with van der Waals surface area (Å²) in [7, 11) is 0. The van der Waals surface area contributed by atoms with E-state index in [1.54, 1.807) is 0 Å². The number of likely N-dealkylation sites (tertiary alicyclic amines) is 1. The number of ether oxygens (including phenoxy) is 1. The highest BCUT2D eigenvalue weighted by molar-refractivity contribution is 9.12.